The van der Waals surface area contributed by atoms with Crippen molar-refractivity contribution >= 4 is 23.7 Å². The summed E-state index contributed by atoms with van der Waals surface area (Å²) in [5.74, 6) is -2.03. The monoisotopic (exact) mass is 471 g/mol. The predicted octanol–water partition coefficient (Wildman–Crippen LogP) is 3.05. The lowest BCUT2D eigenvalue weighted by Crippen LogP contribution is -2.43. The number of ether oxygens (including phenoxy) is 1. The molecule has 178 valence electrons. The third-order valence-electron chi connectivity index (χ3n) is 4.97. The fourth-order valence-corrected chi connectivity index (χ4v) is 3.17. The van der Waals surface area contributed by atoms with E-state index in [1.165, 1.54) is 13.3 Å². The number of nitrogens with one attached hydrogen (secondary N) is 3. The van der Waals surface area contributed by atoms with Crippen LogP contribution in [0.2, 0.25) is 0 Å². The second kappa shape index (κ2) is 12.5. The van der Waals surface area contributed by atoms with Crippen molar-refractivity contribution in [3.05, 3.63) is 120 Å². The molecule has 0 heterocycles. The summed E-state index contributed by atoms with van der Waals surface area (Å²) in [5, 5.41) is 7.96. The summed E-state index contributed by atoms with van der Waals surface area (Å²) >= 11 is 0. The first-order chi connectivity index (χ1) is 17.0. The van der Waals surface area contributed by atoms with Crippen LogP contribution in [-0.4, -0.2) is 36.8 Å². The summed E-state index contributed by atoms with van der Waals surface area (Å²) in [4.78, 5) is 50.4. The van der Waals surface area contributed by atoms with E-state index in [2.05, 4.69) is 16.0 Å². The number of methoxy groups -OCH3 is 1. The summed E-state index contributed by atoms with van der Waals surface area (Å²) in [6, 6.07) is 24.3. The molecule has 1 atom stereocenters. The Bertz CT molecular complexity index is 1200. The lowest BCUT2D eigenvalue weighted by atomic mass is 10.1. The molecule has 0 unspecified atom stereocenters. The summed E-state index contributed by atoms with van der Waals surface area (Å²) in [6.07, 6.45) is 1.17. The van der Waals surface area contributed by atoms with Gasteiger partial charge in [0.05, 0.1) is 7.11 Å². The number of amides is 3. The molecular weight excluding hydrogens is 446 g/mol. The van der Waals surface area contributed by atoms with Gasteiger partial charge in [0.2, 0.25) is 0 Å². The number of benzene rings is 3. The maximum Gasteiger partial charge on any atom is 0.328 e. The highest BCUT2D eigenvalue weighted by atomic mass is 16.5. The Kier molecular flexibility index (Phi) is 8.90. The van der Waals surface area contributed by atoms with E-state index in [1.807, 2.05) is 0 Å². The highest BCUT2D eigenvalue weighted by Crippen LogP contribution is 2.09. The average molecular weight is 472 g/mol. The van der Waals surface area contributed by atoms with E-state index in [9.17, 15) is 19.2 Å². The zero-order valence-corrected chi connectivity index (χ0v) is 19.1. The van der Waals surface area contributed by atoms with Gasteiger partial charge in [0.15, 0.2) is 0 Å². The summed E-state index contributed by atoms with van der Waals surface area (Å²) < 4.78 is 4.85. The minimum atomic E-state index is -1.12. The lowest BCUT2D eigenvalue weighted by molar-refractivity contribution is -0.142. The maximum atomic E-state index is 12.8. The van der Waals surface area contributed by atoms with Gasteiger partial charge in [-0.3, -0.25) is 14.4 Å². The molecule has 0 aliphatic heterocycles. The van der Waals surface area contributed by atoms with Gasteiger partial charge < -0.3 is 20.7 Å². The number of esters is 1. The van der Waals surface area contributed by atoms with Crippen LogP contribution in [0.15, 0.2) is 103 Å². The first-order valence-electron chi connectivity index (χ1n) is 10.8. The van der Waals surface area contributed by atoms with Crippen LogP contribution in [0.3, 0.4) is 0 Å². The van der Waals surface area contributed by atoms with Gasteiger partial charge in [-0.15, -0.1) is 0 Å². The summed E-state index contributed by atoms with van der Waals surface area (Å²) in [7, 11) is 1.20. The Hall–Kier alpha value is -4.72. The molecule has 0 aromatic heterocycles. The molecule has 3 amide bonds. The van der Waals surface area contributed by atoms with E-state index in [4.69, 9.17) is 4.74 Å². The van der Waals surface area contributed by atoms with E-state index < -0.39 is 29.7 Å². The Morgan fingerprint density at radius 3 is 1.66 bits per heavy atom. The first-order valence-corrected chi connectivity index (χ1v) is 10.8. The maximum absolute atomic E-state index is 12.8. The van der Waals surface area contributed by atoms with Crippen LogP contribution < -0.4 is 16.0 Å². The largest absolute Gasteiger partial charge is 0.467 e. The minimum absolute atomic E-state index is 0.140. The molecule has 8 heteroatoms. The van der Waals surface area contributed by atoms with Gasteiger partial charge >= 0.3 is 5.97 Å². The standard InChI is InChI=1S/C27H25N3O5/c1-35-27(34)23(30-26(33)21-15-9-4-10-16-21)17-22(29-25(32)20-13-7-3-8-14-20)18-28-24(31)19-11-5-2-6-12-19/h2-16,18,23H,17H2,1H3,(H,28,31)(H,29,32)(H,30,33)/t23-/m1/s1. The molecule has 0 aliphatic carbocycles. The second-order valence-corrected chi connectivity index (χ2v) is 7.45. The average Bonchev–Trinajstić information content (AvgIpc) is 2.91. The van der Waals surface area contributed by atoms with E-state index in [0.29, 0.717) is 16.7 Å². The number of hydrogen-bond acceptors (Lipinski definition) is 5. The molecule has 3 aromatic carbocycles. The van der Waals surface area contributed by atoms with E-state index in [0.717, 1.165) is 0 Å². The van der Waals surface area contributed by atoms with Crippen LogP contribution in [0.1, 0.15) is 37.5 Å². The quantitative estimate of drug-likeness (QED) is 0.415. The number of carbonyl (C=O) groups excluding carboxylic acids is 4. The molecule has 0 fully saturated rings. The van der Waals surface area contributed by atoms with E-state index in [1.54, 1.807) is 91.0 Å². The van der Waals surface area contributed by atoms with Crippen molar-refractivity contribution in [2.24, 2.45) is 0 Å². The molecule has 35 heavy (non-hydrogen) atoms. The van der Waals surface area contributed by atoms with Gasteiger partial charge in [0, 0.05) is 35.0 Å². The molecule has 0 saturated heterocycles. The zero-order valence-electron chi connectivity index (χ0n) is 19.1. The van der Waals surface area contributed by atoms with Gasteiger partial charge in [-0.25, -0.2) is 4.79 Å². The van der Waals surface area contributed by atoms with Gasteiger partial charge in [-0.05, 0) is 36.4 Å². The molecule has 8 nitrogen and oxygen atoms in total. The number of carbonyl (C=O) groups is 4. The normalized spacial score (nSPS) is 11.6. The topological polar surface area (TPSA) is 114 Å². The van der Waals surface area contributed by atoms with Crippen LogP contribution in [-0.2, 0) is 9.53 Å². The minimum Gasteiger partial charge on any atom is -0.467 e. The molecule has 0 aliphatic rings. The van der Waals surface area contributed by atoms with Crippen molar-refractivity contribution in [1.29, 1.82) is 0 Å². The van der Waals surface area contributed by atoms with E-state index in [-0.39, 0.29) is 12.1 Å². The highest BCUT2D eigenvalue weighted by Gasteiger charge is 2.24. The van der Waals surface area contributed by atoms with Crippen LogP contribution in [0.5, 0.6) is 0 Å². The molecular formula is C27H25N3O5. The van der Waals surface area contributed by atoms with Crippen molar-refractivity contribution < 1.29 is 23.9 Å². The Morgan fingerprint density at radius 1 is 0.714 bits per heavy atom. The van der Waals surface area contributed by atoms with Crippen LogP contribution >= 0.6 is 0 Å². The SMILES string of the molecule is COC(=O)[C@@H](CC(=CNC(=O)c1ccccc1)NC(=O)c1ccccc1)NC(=O)c1ccccc1. The van der Waals surface area contributed by atoms with Gasteiger partial charge in [0.25, 0.3) is 17.7 Å². The fourth-order valence-electron chi connectivity index (χ4n) is 3.17. The summed E-state index contributed by atoms with van der Waals surface area (Å²) in [6.45, 7) is 0. The number of rotatable bonds is 9. The zero-order chi connectivity index (χ0) is 25.0. The third-order valence-corrected chi connectivity index (χ3v) is 4.97. The van der Waals surface area contributed by atoms with Gasteiger partial charge in [-0.1, -0.05) is 54.6 Å². The van der Waals surface area contributed by atoms with Crippen molar-refractivity contribution in [2.45, 2.75) is 12.5 Å². The lowest BCUT2D eigenvalue weighted by Gasteiger charge is -2.19. The van der Waals surface area contributed by atoms with Crippen LogP contribution in [0, 0.1) is 0 Å². The molecule has 0 radical (unpaired) electrons. The van der Waals surface area contributed by atoms with E-state index >= 15 is 0 Å². The Labute approximate surface area is 203 Å². The van der Waals surface area contributed by atoms with Gasteiger partial charge in [0.1, 0.15) is 6.04 Å². The molecule has 0 saturated carbocycles. The smallest absolute Gasteiger partial charge is 0.328 e. The molecule has 3 rings (SSSR count). The van der Waals surface area contributed by atoms with Crippen molar-refractivity contribution in [3.8, 4) is 0 Å². The van der Waals surface area contributed by atoms with Crippen molar-refractivity contribution in [2.75, 3.05) is 7.11 Å². The van der Waals surface area contributed by atoms with Crippen molar-refractivity contribution in [1.82, 2.24) is 16.0 Å². The first kappa shape index (κ1) is 24.9. The number of hydrogen-bond donors (Lipinski definition) is 3. The summed E-state index contributed by atoms with van der Waals surface area (Å²) in [5.41, 5.74) is 1.36. The Balaban J connectivity index is 1.83. The third kappa shape index (κ3) is 7.40. The van der Waals surface area contributed by atoms with Crippen molar-refractivity contribution in [3.63, 3.8) is 0 Å². The van der Waals surface area contributed by atoms with Crippen LogP contribution in [0.25, 0.3) is 0 Å². The predicted molar refractivity (Wildman–Crippen MR) is 130 cm³/mol. The molecule has 3 aromatic rings. The fraction of sp³-hybridized carbons (Fsp3) is 0.111. The highest BCUT2D eigenvalue weighted by molar-refractivity contribution is 5.98. The molecule has 3 N–H and O–H groups in total. The molecule has 0 spiro atoms. The Morgan fingerprint density at radius 2 is 1.17 bits per heavy atom. The van der Waals surface area contributed by atoms with Gasteiger partial charge in [-0.2, -0.15) is 0 Å². The van der Waals surface area contributed by atoms with Crippen LogP contribution in [0.4, 0.5) is 0 Å². The second-order valence-electron chi connectivity index (χ2n) is 7.45. The molecule has 0 bridgehead atoms.